The van der Waals surface area contributed by atoms with Crippen molar-refractivity contribution in [3.8, 4) is 0 Å². The molecule has 1 heterocycles. The number of nitrogens with two attached hydrogens (primary N) is 1. The molecule has 0 bridgehead atoms. The van der Waals surface area contributed by atoms with E-state index in [-0.39, 0.29) is 5.84 Å². The Balaban J connectivity index is 1.75. The van der Waals surface area contributed by atoms with Crippen LogP contribution in [0.2, 0.25) is 0 Å². The van der Waals surface area contributed by atoms with E-state index in [1.807, 2.05) is 36.4 Å². The Morgan fingerprint density at radius 2 is 1.90 bits per heavy atom. The van der Waals surface area contributed by atoms with Crippen LogP contribution in [0.5, 0.6) is 0 Å². The molecule has 0 saturated heterocycles. The van der Waals surface area contributed by atoms with Gasteiger partial charge < -0.3 is 10.5 Å². The highest BCUT2D eigenvalue weighted by molar-refractivity contribution is 5.96. The van der Waals surface area contributed by atoms with Crippen molar-refractivity contribution in [2.75, 3.05) is 6.61 Å². The first-order valence-corrected chi connectivity index (χ1v) is 6.66. The maximum Gasteiger partial charge on any atom is 0.123 e. The van der Waals surface area contributed by atoms with Gasteiger partial charge in [0.2, 0.25) is 0 Å². The first kappa shape index (κ1) is 14.2. The lowest BCUT2D eigenvalue weighted by Gasteiger charge is -2.09. The quantitative estimate of drug-likeness (QED) is 0.461. The topological polar surface area (TPSA) is 72.0 Å². The number of pyridine rings is 1. The molecule has 0 radical (unpaired) electrons. The number of ether oxygens (including phenoxy) is 1. The number of benzene rings is 1. The van der Waals surface area contributed by atoms with Crippen molar-refractivity contribution in [2.24, 2.45) is 5.73 Å². The normalized spacial score (nSPS) is 10.4. The second-order valence-corrected chi connectivity index (χ2v) is 4.58. The fourth-order valence-electron chi connectivity index (χ4n) is 2.02. The summed E-state index contributed by atoms with van der Waals surface area (Å²) in [5.74, 6) is 0.0842. The molecule has 0 spiro atoms. The summed E-state index contributed by atoms with van der Waals surface area (Å²) in [4.78, 5) is 3.99. The van der Waals surface area contributed by atoms with Gasteiger partial charge in [0.05, 0.1) is 6.61 Å². The molecule has 0 aliphatic rings. The third kappa shape index (κ3) is 4.17. The van der Waals surface area contributed by atoms with Crippen LogP contribution in [0.3, 0.4) is 0 Å². The average Bonchev–Trinajstić information content (AvgIpc) is 2.48. The molecule has 0 fully saturated rings. The van der Waals surface area contributed by atoms with Gasteiger partial charge in [0.1, 0.15) is 5.84 Å². The highest BCUT2D eigenvalue weighted by Crippen LogP contribution is 2.10. The molecular weight excluding hydrogens is 250 g/mol. The zero-order chi connectivity index (χ0) is 14.2. The Hall–Kier alpha value is -2.20. The Bertz CT molecular complexity index is 555. The van der Waals surface area contributed by atoms with Crippen LogP contribution >= 0.6 is 0 Å². The van der Waals surface area contributed by atoms with Crippen LogP contribution < -0.4 is 5.73 Å². The lowest BCUT2D eigenvalue weighted by Crippen LogP contribution is -2.14. The summed E-state index contributed by atoms with van der Waals surface area (Å²) in [6, 6.07) is 11.6. The van der Waals surface area contributed by atoms with Crippen molar-refractivity contribution >= 4 is 5.84 Å². The van der Waals surface area contributed by atoms with Gasteiger partial charge in [-0.25, -0.2) is 0 Å². The zero-order valence-corrected chi connectivity index (χ0v) is 11.4. The maximum absolute atomic E-state index is 7.52. The lowest BCUT2D eigenvalue weighted by molar-refractivity contribution is 0.118. The molecule has 1 aromatic heterocycles. The smallest absolute Gasteiger partial charge is 0.123 e. The van der Waals surface area contributed by atoms with E-state index in [2.05, 4.69) is 4.98 Å². The summed E-state index contributed by atoms with van der Waals surface area (Å²) in [6.07, 6.45) is 5.56. The van der Waals surface area contributed by atoms with E-state index >= 15 is 0 Å². The molecule has 0 unspecified atom stereocenters. The summed E-state index contributed by atoms with van der Waals surface area (Å²) in [7, 11) is 0. The number of nitrogens with one attached hydrogen (secondary N) is 1. The number of aromatic nitrogens is 1. The van der Waals surface area contributed by atoms with E-state index in [4.69, 9.17) is 15.9 Å². The molecular formula is C16H19N3O. The molecule has 1 aromatic carbocycles. The number of rotatable bonds is 7. The predicted octanol–water partition coefficient (Wildman–Crippen LogP) is 2.52. The Morgan fingerprint density at radius 3 is 2.65 bits per heavy atom. The van der Waals surface area contributed by atoms with Crippen LogP contribution in [0, 0.1) is 5.41 Å². The molecule has 0 aliphatic heterocycles. The van der Waals surface area contributed by atoms with Crippen molar-refractivity contribution in [2.45, 2.75) is 19.4 Å². The number of nitrogen functional groups attached to an aromatic ring is 1. The highest BCUT2D eigenvalue weighted by atomic mass is 16.5. The Morgan fingerprint density at radius 1 is 1.15 bits per heavy atom. The molecule has 2 aromatic rings. The van der Waals surface area contributed by atoms with Crippen LogP contribution in [0.25, 0.3) is 0 Å². The summed E-state index contributed by atoms with van der Waals surface area (Å²) < 4.78 is 5.66. The van der Waals surface area contributed by atoms with Crippen molar-refractivity contribution in [1.82, 2.24) is 4.98 Å². The van der Waals surface area contributed by atoms with Gasteiger partial charge in [0.25, 0.3) is 0 Å². The number of hydrogen-bond donors (Lipinski definition) is 2. The molecule has 4 heteroatoms. The summed E-state index contributed by atoms with van der Waals surface area (Å²) in [5.41, 5.74) is 8.53. The van der Waals surface area contributed by atoms with Crippen LogP contribution in [0.15, 0.2) is 48.8 Å². The number of nitrogens with zero attached hydrogens (tertiary/aromatic N) is 1. The second kappa shape index (κ2) is 7.40. The monoisotopic (exact) mass is 269 g/mol. The van der Waals surface area contributed by atoms with Crippen molar-refractivity contribution in [3.05, 3.63) is 65.5 Å². The summed E-state index contributed by atoms with van der Waals surface area (Å²) >= 11 is 0. The first-order chi connectivity index (χ1) is 9.77. The number of amidine groups is 1. The molecule has 0 atom stereocenters. The van der Waals surface area contributed by atoms with Crippen LogP contribution in [0.4, 0.5) is 0 Å². The summed E-state index contributed by atoms with van der Waals surface area (Å²) in [6.45, 7) is 1.18. The standard InChI is InChI=1S/C16H19N3O/c17-16(18)15-6-2-1-5-14(15)12-20-11-3-4-13-7-9-19-10-8-13/h1-2,5-10H,3-4,11-12H2,(H3,17,18). The fraction of sp³-hybridized carbons (Fsp3) is 0.250. The van der Waals surface area contributed by atoms with Crippen molar-refractivity contribution < 1.29 is 4.74 Å². The van der Waals surface area contributed by atoms with Gasteiger partial charge >= 0.3 is 0 Å². The molecule has 104 valence electrons. The Kier molecular flexibility index (Phi) is 5.26. The molecule has 3 N–H and O–H groups in total. The van der Waals surface area contributed by atoms with Crippen molar-refractivity contribution in [3.63, 3.8) is 0 Å². The molecule has 4 nitrogen and oxygen atoms in total. The average molecular weight is 269 g/mol. The van der Waals surface area contributed by atoms with Gasteiger partial charge in [0, 0.05) is 24.6 Å². The van der Waals surface area contributed by atoms with E-state index in [1.54, 1.807) is 12.4 Å². The third-order valence-corrected chi connectivity index (χ3v) is 3.07. The van der Waals surface area contributed by atoms with Gasteiger partial charge in [-0.05, 0) is 36.1 Å². The lowest BCUT2D eigenvalue weighted by atomic mass is 10.1. The zero-order valence-electron chi connectivity index (χ0n) is 11.4. The minimum Gasteiger partial charge on any atom is -0.384 e. The van der Waals surface area contributed by atoms with E-state index in [9.17, 15) is 0 Å². The van der Waals surface area contributed by atoms with E-state index in [0.29, 0.717) is 13.2 Å². The SMILES string of the molecule is N=C(N)c1ccccc1COCCCc1ccncc1. The van der Waals surface area contributed by atoms with Crippen LogP contribution in [-0.4, -0.2) is 17.4 Å². The van der Waals surface area contributed by atoms with E-state index < -0.39 is 0 Å². The van der Waals surface area contributed by atoms with Gasteiger partial charge in [-0.15, -0.1) is 0 Å². The van der Waals surface area contributed by atoms with Gasteiger partial charge in [-0.2, -0.15) is 0 Å². The van der Waals surface area contributed by atoms with Crippen LogP contribution in [0.1, 0.15) is 23.1 Å². The number of aryl methyl sites for hydroxylation is 1. The molecule has 20 heavy (non-hydrogen) atoms. The predicted molar refractivity (Wildman–Crippen MR) is 79.7 cm³/mol. The Labute approximate surface area is 119 Å². The first-order valence-electron chi connectivity index (χ1n) is 6.66. The van der Waals surface area contributed by atoms with E-state index in [0.717, 1.165) is 24.0 Å². The third-order valence-electron chi connectivity index (χ3n) is 3.07. The maximum atomic E-state index is 7.52. The minimum atomic E-state index is 0.0842. The molecule has 2 rings (SSSR count). The van der Waals surface area contributed by atoms with Gasteiger partial charge in [-0.3, -0.25) is 10.4 Å². The van der Waals surface area contributed by atoms with Gasteiger partial charge in [-0.1, -0.05) is 24.3 Å². The van der Waals surface area contributed by atoms with E-state index in [1.165, 1.54) is 5.56 Å². The van der Waals surface area contributed by atoms with Gasteiger partial charge in [0.15, 0.2) is 0 Å². The minimum absolute atomic E-state index is 0.0842. The molecule has 0 saturated carbocycles. The van der Waals surface area contributed by atoms with Crippen LogP contribution in [-0.2, 0) is 17.8 Å². The largest absolute Gasteiger partial charge is 0.384 e. The molecule has 0 amide bonds. The van der Waals surface area contributed by atoms with Crippen molar-refractivity contribution in [1.29, 1.82) is 5.41 Å². The second-order valence-electron chi connectivity index (χ2n) is 4.58. The summed E-state index contributed by atoms with van der Waals surface area (Å²) in [5, 5.41) is 7.52. The molecule has 0 aliphatic carbocycles. The fourth-order valence-corrected chi connectivity index (χ4v) is 2.02. The number of hydrogen-bond acceptors (Lipinski definition) is 3. The highest BCUT2D eigenvalue weighted by Gasteiger charge is 2.04.